The van der Waals surface area contributed by atoms with E-state index < -0.39 is 5.97 Å². The predicted molar refractivity (Wildman–Crippen MR) is 249 cm³/mol. The highest BCUT2D eigenvalue weighted by Gasteiger charge is 2.19. The van der Waals surface area contributed by atoms with E-state index in [1.54, 1.807) is 23.1 Å². The summed E-state index contributed by atoms with van der Waals surface area (Å²) in [5.41, 5.74) is 26.1. The predicted octanol–water partition coefficient (Wildman–Crippen LogP) is 7.54. The van der Waals surface area contributed by atoms with Gasteiger partial charge in [0.05, 0.1) is 34.2 Å². The van der Waals surface area contributed by atoms with Crippen LogP contribution in [0.3, 0.4) is 0 Å². The van der Waals surface area contributed by atoms with Crippen molar-refractivity contribution < 1.29 is 14.7 Å². The van der Waals surface area contributed by atoms with Crippen LogP contribution in [-0.2, 0) is 26.2 Å². The lowest BCUT2D eigenvalue weighted by Gasteiger charge is -2.12. The van der Waals surface area contributed by atoms with Crippen molar-refractivity contribution in [3.8, 4) is 0 Å². The fraction of sp³-hybridized carbons (Fsp3) is 0.190. The number of halogens is 4. The van der Waals surface area contributed by atoms with Crippen molar-refractivity contribution in [1.29, 1.82) is 0 Å². The lowest BCUT2D eigenvalue weighted by molar-refractivity contribution is 0.0676. The van der Waals surface area contributed by atoms with Crippen LogP contribution < -0.4 is 22.5 Å². The van der Waals surface area contributed by atoms with E-state index in [9.17, 15) is 9.59 Å². The van der Waals surface area contributed by atoms with Gasteiger partial charge in [-0.1, -0.05) is 35.3 Å². The smallest absolute Gasteiger partial charge is 0.373 e. The topological polar surface area (TPSA) is 257 Å². The van der Waals surface area contributed by atoms with Crippen LogP contribution in [0.15, 0.2) is 82.5 Å². The molecule has 0 radical (unpaired) electrons. The van der Waals surface area contributed by atoms with Gasteiger partial charge in [-0.2, -0.15) is 9.97 Å². The highest BCUT2D eigenvalue weighted by atomic mass is 79.9. The number of benzene rings is 2. The average Bonchev–Trinajstić information content (AvgIpc) is 3.78. The summed E-state index contributed by atoms with van der Waals surface area (Å²) < 4.78 is 3.46. The Bertz CT molecular complexity index is 2950. The maximum absolute atomic E-state index is 12.9. The molecule has 8 rings (SSSR count). The lowest BCUT2D eigenvalue weighted by Crippen LogP contribution is -2.27. The SMILES string of the molecule is Cc1cc(N)nc(C)c1CN.Cc1cc(N)nc(C)c1CNC(=O)c1nc(Br)nn1Cc1ccc2ncc(Cl)cc2c1.O=C(O)c1nc(Br)nn1Cc1ccc2ncc(Cl)cc2c1. The third-order valence-electron chi connectivity index (χ3n) is 9.55. The summed E-state index contributed by atoms with van der Waals surface area (Å²) in [6, 6.07) is 18.7. The molecule has 21 heteroatoms. The number of anilines is 2. The third-order valence-corrected chi connectivity index (χ3v) is 10.6. The minimum atomic E-state index is -1.13. The molecular weight excluding hydrogens is 979 g/mol. The van der Waals surface area contributed by atoms with E-state index in [4.69, 9.17) is 45.5 Å². The van der Waals surface area contributed by atoms with Gasteiger partial charge in [0.25, 0.3) is 5.91 Å². The van der Waals surface area contributed by atoms with Crippen LogP contribution in [0.25, 0.3) is 21.8 Å². The quantitative estimate of drug-likeness (QED) is 0.0936. The third kappa shape index (κ3) is 11.9. The molecule has 0 aliphatic carbocycles. The molecule has 8 aromatic rings. The van der Waals surface area contributed by atoms with Crippen LogP contribution in [0.1, 0.15) is 66.0 Å². The molecule has 0 aliphatic rings. The number of hydrogen-bond donors (Lipinski definition) is 5. The summed E-state index contributed by atoms with van der Waals surface area (Å²) in [5.74, 6) is -0.350. The Balaban J connectivity index is 0.000000177. The number of carboxylic acids is 1. The van der Waals surface area contributed by atoms with Crippen LogP contribution in [0.4, 0.5) is 11.6 Å². The summed E-state index contributed by atoms with van der Waals surface area (Å²) in [6.45, 7) is 9.23. The van der Waals surface area contributed by atoms with Gasteiger partial charge in [-0.15, -0.1) is 10.2 Å². The number of carboxylic acid groups (broad SMARTS) is 1. The molecule has 0 bridgehead atoms. The second-order valence-corrected chi connectivity index (χ2v) is 16.4. The molecule has 0 spiro atoms. The first-order chi connectivity index (χ1) is 30.0. The second-order valence-electron chi connectivity index (χ2n) is 14.1. The van der Waals surface area contributed by atoms with E-state index in [0.29, 0.717) is 52.6 Å². The van der Waals surface area contributed by atoms with Crippen molar-refractivity contribution in [2.75, 3.05) is 11.5 Å². The van der Waals surface area contributed by atoms with Crippen molar-refractivity contribution in [1.82, 2.24) is 54.8 Å². The highest BCUT2D eigenvalue weighted by Crippen LogP contribution is 2.22. The number of nitrogens with two attached hydrogens (primary N) is 3. The molecule has 0 saturated carbocycles. The molecule has 17 nitrogen and oxygen atoms in total. The molecule has 1 amide bonds. The van der Waals surface area contributed by atoms with E-state index in [0.717, 1.165) is 66.6 Å². The van der Waals surface area contributed by atoms with Gasteiger partial charge < -0.3 is 27.6 Å². The minimum absolute atomic E-state index is 0.119. The molecule has 0 atom stereocenters. The number of nitrogens with zero attached hydrogens (tertiary/aromatic N) is 10. The first-order valence-corrected chi connectivity index (χ1v) is 21.3. The van der Waals surface area contributed by atoms with Crippen LogP contribution in [0, 0.1) is 27.7 Å². The number of carbonyl (C=O) groups excluding carboxylic acids is 1. The number of aromatic carboxylic acids is 1. The summed E-state index contributed by atoms with van der Waals surface area (Å²) in [7, 11) is 0. The molecule has 324 valence electrons. The van der Waals surface area contributed by atoms with Crippen LogP contribution in [0.5, 0.6) is 0 Å². The monoisotopic (exact) mass is 1020 g/mol. The molecule has 6 aromatic heterocycles. The Morgan fingerprint density at radius 2 is 1.14 bits per heavy atom. The van der Waals surface area contributed by atoms with Gasteiger partial charge in [0, 0.05) is 47.6 Å². The molecule has 0 unspecified atom stereocenters. The number of carbonyl (C=O) groups is 2. The van der Waals surface area contributed by atoms with Gasteiger partial charge in [0.15, 0.2) is 0 Å². The second kappa shape index (κ2) is 20.4. The van der Waals surface area contributed by atoms with Crippen molar-refractivity contribution in [2.24, 2.45) is 5.73 Å². The van der Waals surface area contributed by atoms with Crippen molar-refractivity contribution in [3.05, 3.63) is 149 Å². The largest absolute Gasteiger partial charge is 0.475 e. The number of rotatable bonds is 9. The molecule has 2 aromatic carbocycles. The van der Waals surface area contributed by atoms with Gasteiger partial charge in [0.2, 0.25) is 21.1 Å². The van der Waals surface area contributed by atoms with Gasteiger partial charge in [-0.05, 0) is 141 Å². The molecule has 0 fully saturated rings. The standard InChI is InChI=1S/C21H19BrClN7O.C13H8BrClN4O2.C8H13N3/c1-11-5-18(24)27-12(2)16(11)9-26-20(31)19-28-21(22)29-30(19)10-13-3-4-17-14(6-13)7-15(23)8-25-17;14-13-17-11(12(20)21)19(18-13)6-7-1-2-10-8(3-7)4-9(15)5-16-10;1-5-3-8(10)11-6(2)7(5)4-9/h3-8H,9-10H2,1-2H3,(H2,24,27)(H,26,31);1-5H,6H2,(H,20,21);3H,4,9H2,1-2H3,(H2,10,11). The van der Waals surface area contributed by atoms with Crippen LogP contribution in [0.2, 0.25) is 10.0 Å². The Labute approximate surface area is 387 Å². The number of aromatic nitrogens is 10. The van der Waals surface area contributed by atoms with Crippen molar-refractivity contribution in [3.63, 3.8) is 0 Å². The number of fused-ring (bicyclic) bond motifs is 2. The van der Waals surface area contributed by atoms with Crippen LogP contribution in [-0.4, -0.2) is 66.4 Å². The zero-order valence-electron chi connectivity index (χ0n) is 34.2. The maximum Gasteiger partial charge on any atom is 0.373 e. The molecule has 63 heavy (non-hydrogen) atoms. The zero-order chi connectivity index (χ0) is 45.5. The summed E-state index contributed by atoms with van der Waals surface area (Å²) in [5, 5.41) is 23.3. The molecule has 8 N–H and O–H groups in total. The van der Waals surface area contributed by atoms with E-state index in [2.05, 4.69) is 77.3 Å². The fourth-order valence-electron chi connectivity index (χ4n) is 6.63. The number of pyridine rings is 4. The molecular formula is C42H40Br2Cl2N14O3. The summed E-state index contributed by atoms with van der Waals surface area (Å²) >= 11 is 18.3. The Morgan fingerprint density at radius 3 is 1.60 bits per heavy atom. The normalized spacial score (nSPS) is 10.9. The van der Waals surface area contributed by atoms with Gasteiger partial charge in [0.1, 0.15) is 11.6 Å². The van der Waals surface area contributed by atoms with Gasteiger partial charge in [-0.3, -0.25) is 14.8 Å². The highest BCUT2D eigenvalue weighted by molar-refractivity contribution is 9.10. The summed E-state index contributed by atoms with van der Waals surface area (Å²) in [4.78, 5) is 48.9. The number of hydrogen-bond acceptors (Lipinski definition) is 13. The zero-order valence-corrected chi connectivity index (χ0v) is 38.9. The minimum Gasteiger partial charge on any atom is -0.475 e. The lowest BCUT2D eigenvalue weighted by atomic mass is 10.1. The number of nitrogen functional groups attached to an aromatic ring is 2. The Hall–Kier alpha value is -6.12. The number of amides is 1. The van der Waals surface area contributed by atoms with Crippen LogP contribution >= 0.6 is 55.1 Å². The maximum atomic E-state index is 12.9. The first-order valence-electron chi connectivity index (χ1n) is 18.9. The van der Waals surface area contributed by atoms with Crippen molar-refractivity contribution >= 4 is 100 Å². The van der Waals surface area contributed by atoms with E-state index in [1.807, 2.05) is 82.3 Å². The van der Waals surface area contributed by atoms with Crippen molar-refractivity contribution in [2.45, 2.75) is 53.9 Å². The summed E-state index contributed by atoms with van der Waals surface area (Å²) in [6.07, 6.45) is 3.20. The van der Waals surface area contributed by atoms with Gasteiger partial charge >= 0.3 is 5.97 Å². The van der Waals surface area contributed by atoms with E-state index in [-0.39, 0.29) is 22.3 Å². The average molecular weight is 1020 g/mol. The van der Waals surface area contributed by atoms with E-state index >= 15 is 0 Å². The van der Waals surface area contributed by atoms with E-state index in [1.165, 1.54) is 4.68 Å². The molecule has 0 saturated heterocycles. The molecule has 0 aliphatic heterocycles. The fourth-order valence-corrected chi connectivity index (χ4v) is 7.68. The van der Waals surface area contributed by atoms with Gasteiger partial charge in [-0.25, -0.2) is 24.1 Å². The Kier molecular flexibility index (Phi) is 15.0. The number of nitrogens with one attached hydrogen (secondary N) is 1. The Morgan fingerprint density at radius 1 is 0.683 bits per heavy atom. The first kappa shape index (κ1) is 46.4. The number of aryl methyl sites for hydroxylation is 4. The molecule has 6 heterocycles.